The summed E-state index contributed by atoms with van der Waals surface area (Å²) in [5.41, 5.74) is 2.08. The fraction of sp³-hybridized carbons (Fsp3) is 0.167. The molecule has 1 saturated carbocycles. The lowest BCUT2D eigenvalue weighted by Crippen LogP contribution is -2.12. The van der Waals surface area contributed by atoms with Crippen LogP contribution in [0.2, 0.25) is 0 Å². The summed E-state index contributed by atoms with van der Waals surface area (Å²) in [4.78, 5) is 23.0. The molecule has 1 heterocycles. The summed E-state index contributed by atoms with van der Waals surface area (Å²) in [7, 11) is 0. The summed E-state index contributed by atoms with van der Waals surface area (Å²) in [6.45, 7) is 0. The largest absolute Gasteiger partial charge is 0.465 e. The number of rotatable bonds is 3. The number of nitro benzene ring substituents is 1. The Morgan fingerprint density at radius 2 is 1.87 bits per heavy atom. The Morgan fingerprint density at radius 1 is 1.09 bits per heavy atom. The number of carbonyl (C=O) groups is 1. The van der Waals surface area contributed by atoms with Crippen LogP contribution in [-0.2, 0) is 4.79 Å². The van der Waals surface area contributed by atoms with Crippen molar-refractivity contribution in [3.63, 3.8) is 0 Å². The number of furan rings is 1. The summed E-state index contributed by atoms with van der Waals surface area (Å²) in [6, 6.07) is 9.88. The Hall–Kier alpha value is -2.95. The minimum atomic E-state index is -0.438. The Bertz CT molecular complexity index is 800. The molecule has 116 valence electrons. The standard InChI is InChI=1S/C18H15NO4/c20-18-14(10-13-4-1-7-16(11-13)19(21)22)5-2-6-15(18)12-17-8-3-9-23-17/h1,3-4,7-12H,2,5-6H2/b14-10+,15-12-. The van der Waals surface area contributed by atoms with Gasteiger partial charge in [-0.25, -0.2) is 0 Å². The molecule has 5 nitrogen and oxygen atoms in total. The van der Waals surface area contributed by atoms with E-state index in [1.807, 2.05) is 0 Å². The molecule has 0 unspecified atom stereocenters. The van der Waals surface area contributed by atoms with Crippen LogP contribution in [0.25, 0.3) is 12.2 Å². The van der Waals surface area contributed by atoms with Crippen LogP contribution in [0.15, 0.2) is 58.2 Å². The van der Waals surface area contributed by atoms with Crippen molar-refractivity contribution in [3.05, 3.63) is 75.2 Å². The quantitative estimate of drug-likeness (QED) is 0.478. The molecule has 0 atom stereocenters. The fourth-order valence-electron chi connectivity index (χ4n) is 2.65. The third-order valence-electron chi connectivity index (χ3n) is 3.76. The molecule has 0 saturated heterocycles. The Labute approximate surface area is 133 Å². The van der Waals surface area contributed by atoms with E-state index in [0.717, 1.165) is 6.42 Å². The zero-order valence-corrected chi connectivity index (χ0v) is 12.4. The molecule has 0 radical (unpaired) electrons. The lowest BCUT2D eigenvalue weighted by atomic mass is 9.87. The monoisotopic (exact) mass is 309 g/mol. The van der Waals surface area contributed by atoms with E-state index in [-0.39, 0.29) is 11.5 Å². The highest BCUT2D eigenvalue weighted by Gasteiger charge is 2.21. The van der Waals surface area contributed by atoms with E-state index in [9.17, 15) is 14.9 Å². The first kappa shape index (κ1) is 15.0. The molecule has 0 N–H and O–H groups in total. The van der Waals surface area contributed by atoms with Crippen molar-refractivity contribution >= 4 is 23.6 Å². The van der Waals surface area contributed by atoms with E-state index < -0.39 is 4.92 Å². The van der Waals surface area contributed by atoms with Crippen LogP contribution in [0.3, 0.4) is 0 Å². The highest BCUT2D eigenvalue weighted by Crippen LogP contribution is 2.28. The molecule has 3 rings (SSSR count). The van der Waals surface area contributed by atoms with E-state index in [0.29, 0.717) is 35.3 Å². The number of non-ortho nitro benzene ring substituents is 1. The Kier molecular flexibility index (Phi) is 4.19. The number of carbonyl (C=O) groups excluding carboxylic acids is 1. The second kappa shape index (κ2) is 6.44. The van der Waals surface area contributed by atoms with Gasteiger partial charge in [0.2, 0.25) is 0 Å². The Morgan fingerprint density at radius 3 is 2.57 bits per heavy atom. The topological polar surface area (TPSA) is 73.3 Å². The van der Waals surface area contributed by atoms with Gasteiger partial charge in [0.1, 0.15) is 5.76 Å². The van der Waals surface area contributed by atoms with E-state index in [2.05, 4.69) is 0 Å². The molecule has 1 aromatic heterocycles. The molecule has 5 heteroatoms. The molecule has 2 aromatic rings. The zero-order valence-electron chi connectivity index (χ0n) is 12.4. The molecule has 0 spiro atoms. The number of nitrogens with zero attached hydrogens (tertiary/aromatic N) is 1. The second-order valence-electron chi connectivity index (χ2n) is 5.39. The van der Waals surface area contributed by atoms with Crippen molar-refractivity contribution in [3.8, 4) is 0 Å². The summed E-state index contributed by atoms with van der Waals surface area (Å²) in [5, 5.41) is 10.8. The van der Waals surface area contributed by atoms with Crippen molar-refractivity contribution in [2.75, 3.05) is 0 Å². The van der Waals surface area contributed by atoms with E-state index >= 15 is 0 Å². The minimum absolute atomic E-state index is 0.0147. The van der Waals surface area contributed by atoms with Gasteiger partial charge in [0.15, 0.2) is 5.78 Å². The van der Waals surface area contributed by atoms with Gasteiger partial charge in [-0.2, -0.15) is 0 Å². The van der Waals surface area contributed by atoms with Crippen LogP contribution in [0.5, 0.6) is 0 Å². The van der Waals surface area contributed by atoms with Gasteiger partial charge in [0, 0.05) is 23.3 Å². The average Bonchev–Trinajstić information content (AvgIpc) is 3.04. The number of Topliss-reactive ketones (excluding diaryl/α,β-unsaturated/α-hetero) is 1. The number of hydrogen-bond acceptors (Lipinski definition) is 4. The van der Waals surface area contributed by atoms with Crippen molar-refractivity contribution in [1.29, 1.82) is 0 Å². The molecule has 1 aromatic carbocycles. The summed E-state index contributed by atoms with van der Waals surface area (Å²) in [6.07, 6.45) is 7.34. The predicted molar refractivity (Wildman–Crippen MR) is 86.6 cm³/mol. The third kappa shape index (κ3) is 3.45. The highest BCUT2D eigenvalue weighted by atomic mass is 16.6. The van der Waals surface area contributed by atoms with Gasteiger partial charge in [-0.15, -0.1) is 0 Å². The first-order valence-electron chi connectivity index (χ1n) is 7.37. The molecule has 1 aliphatic rings. The molecular weight excluding hydrogens is 294 g/mol. The number of hydrogen-bond donors (Lipinski definition) is 0. The van der Waals surface area contributed by atoms with Gasteiger partial charge in [0.25, 0.3) is 5.69 Å². The molecular formula is C18H15NO4. The number of nitro groups is 1. The first-order chi connectivity index (χ1) is 11.1. The molecule has 23 heavy (non-hydrogen) atoms. The number of benzene rings is 1. The van der Waals surface area contributed by atoms with Crippen molar-refractivity contribution in [2.24, 2.45) is 0 Å². The van der Waals surface area contributed by atoms with Crippen molar-refractivity contribution < 1.29 is 14.1 Å². The highest BCUT2D eigenvalue weighted by molar-refractivity contribution is 6.13. The first-order valence-corrected chi connectivity index (χ1v) is 7.37. The van der Waals surface area contributed by atoms with Crippen LogP contribution in [-0.4, -0.2) is 10.7 Å². The molecule has 0 amide bonds. The van der Waals surface area contributed by atoms with Crippen LogP contribution >= 0.6 is 0 Å². The molecule has 0 aliphatic heterocycles. The van der Waals surface area contributed by atoms with Gasteiger partial charge in [-0.3, -0.25) is 14.9 Å². The summed E-state index contributed by atoms with van der Waals surface area (Å²) < 4.78 is 5.26. The maximum absolute atomic E-state index is 12.6. The van der Waals surface area contributed by atoms with Crippen LogP contribution < -0.4 is 0 Å². The van der Waals surface area contributed by atoms with Gasteiger partial charge in [-0.1, -0.05) is 12.1 Å². The van der Waals surface area contributed by atoms with E-state index in [1.54, 1.807) is 42.7 Å². The van der Waals surface area contributed by atoms with Crippen LogP contribution in [0.4, 0.5) is 5.69 Å². The van der Waals surface area contributed by atoms with Gasteiger partial charge in [-0.05, 0) is 49.1 Å². The molecule has 1 fully saturated rings. The maximum atomic E-state index is 12.6. The average molecular weight is 309 g/mol. The molecule has 0 bridgehead atoms. The van der Waals surface area contributed by atoms with E-state index in [4.69, 9.17) is 4.42 Å². The van der Waals surface area contributed by atoms with Crippen LogP contribution in [0, 0.1) is 10.1 Å². The van der Waals surface area contributed by atoms with Crippen molar-refractivity contribution in [2.45, 2.75) is 19.3 Å². The SMILES string of the molecule is O=C1/C(=C\c2ccco2)CCC/C1=C\c1cccc([N+](=O)[O-])c1. The predicted octanol–water partition coefficient (Wildman–Crippen LogP) is 4.41. The normalized spacial score (nSPS) is 18.5. The zero-order chi connectivity index (χ0) is 16.2. The fourth-order valence-corrected chi connectivity index (χ4v) is 2.65. The summed E-state index contributed by atoms with van der Waals surface area (Å²) in [5.74, 6) is 0.643. The lowest BCUT2D eigenvalue weighted by Gasteiger charge is -2.16. The van der Waals surface area contributed by atoms with Crippen molar-refractivity contribution in [1.82, 2.24) is 0 Å². The van der Waals surface area contributed by atoms with Gasteiger partial charge < -0.3 is 4.42 Å². The maximum Gasteiger partial charge on any atom is 0.270 e. The lowest BCUT2D eigenvalue weighted by molar-refractivity contribution is -0.384. The smallest absolute Gasteiger partial charge is 0.270 e. The number of ketones is 1. The Balaban J connectivity index is 1.89. The van der Waals surface area contributed by atoms with Gasteiger partial charge in [0.05, 0.1) is 11.2 Å². The second-order valence-corrected chi connectivity index (χ2v) is 5.39. The summed E-state index contributed by atoms with van der Waals surface area (Å²) >= 11 is 0. The third-order valence-corrected chi connectivity index (χ3v) is 3.76. The minimum Gasteiger partial charge on any atom is -0.465 e. The van der Waals surface area contributed by atoms with E-state index in [1.165, 1.54) is 12.1 Å². The van der Waals surface area contributed by atoms with Gasteiger partial charge >= 0.3 is 0 Å². The molecule has 1 aliphatic carbocycles. The number of allylic oxidation sites excluding steroid dienone is 2. The van der Waals surface area contributed by atoms with Crippen LogP contribution in [0.1, 0.15) is 30.6 Å².